The minimum Gasteiger partial charge on any atom is -0.264 e. The summed E-state index contributed by atoms with van der Waals surface area (Å²) in [6.45, 7) is 0. The first-order valence-electron chi connectivity index (χ1n) is 17.2. The van der Waals surface area contributed by atoms with E-state index in [1.807, 2.05) is 12.3 Å². The van der Waals surface area contributed by atoms with Crippen molar-refractivity contribution < 1.29 is 0 Å². The molecule has 0 bridgehead atoms. The molecule has 4 nitrogen and oxygen atoms in total. The SMILES string of the molecule is c1cncc(-c2ccc3ccc(-c4ccc(-n5nc6cc(-c7cccc8ccccc78)cc(-c7cccc8ccccc78)c6n5)cc4)cc3c2)c1. The summed E-state index contributed by atoms with van der Waals surface area (Å²) in [6.07, 6.45) is 3.72. The van der Waals surface area contributed by atoms with Gasteiger partial charge in [-0.15, -0.1) is 10.2 Å². The van der Waals surface area contributed by atoms with Gasteiger partial charge in [0.05, 0.1) is 5.69 Å². The minimum atomic E-state index is 0.853. The fourth-order valence-electron chi connectivity index (χ4n) is 7.36. The molecule has 0 aliphatic heterocycles. The van der Waals surface area contributed by atoms with Crippen LogP contribution in [0.3, 0.4) is 0 Å². The van der Waals surface area contributed by atoms with Gasteiger partial charge in [0.15, 0.2) is 0 Å². The highest BCUT2D eigenvalue weighted by Gasteiger charge is 2.17. The van der Waals surface area contributed by atoms with Crippen molar-refractivity contribution in [2.45, 2.75) is 0 Å². The number of rotatable bonds is 5. The Hall–Kier alpha value is -6.91. The first kappa shape index (κ1) is 29.0. The van der Waals surface area contributed by atoms with Crippen molar-refractivity contribution in [3.8, 4) is 50.2 Å². The van der Waals surface area contributed by atoms with Crippen LogP contribution in [0.1, 0.15) is 0 Å². The molecule has 0 N–H and O–H groups in total. The molecule has 0 aliphatic carbocycles. The highest BCUT2D eigenvalue weighted by atomic mass is 15.5. The maximum Gasteiger partial charge on any atom is 0.121 e. The molecule has 2 heterocycles. The maximum atomic E-state index is 5.15. The van der Waals surface area contributed by atoms with Gasteiger partial charge in [0.2, 0.25) is 0 Å². The summed E-state index contributed by atoms with van der Waals surface area (Å²) in [5.74, 6) is 0. The summed E-state index contributed by atoms with van der Waals surface area (Å²) in [6, 6.07) is 60.4. The molecule has 0 amide bonds. The highest BCUT2D eigenvalue weighted by molar-refractivity contribution is 6.07. The molecule has 2 aromatic heterocycles. The Morgan fingerprint density at radius 3 is 1.75 bits per heavy atom. The Bertz CT molecular complexity index is 2900. The van der Waals surface area contributed by atoms with Crippen LogP contribution in [-0.4, -0.2) is 20.0 Å². The van der Waals surface area contributed by atoms with Crippen LogP contribution in [0.2, 0.25) is 0 Å². The van der Waals surface area contributed by atoms with Crippen molar-refractivity contribution in [1.82, 2.24) is 20.0 Å². The van der Waals surface area contributed by atoms with Gasteiger partial charge in [-0.05, 0) is 108 Å². The highest BCUT2D eigenvalue weighted by Crippen LogP contribution is 2.38. The lowest BCUT2D eigenvalue weighted by molar-refractivity contribution is 0.766. The van der Waals surface area contributed by atoms with Crippen LogP contribution < -0.4 is 0 Å². The molecule has 0 saturated heterocycles. The molecule has 0 spiro atoms. The zero-order valence-corrected chi connectivity index (χ0v) is 27.6. The van der Waals surface area contributed by atoms with Crippen LogP contribution in [0.4, 0.5) is 0 Å². The molecule has 238 valence electrons. The molecule has 0 saturated carbocycles. The quantitative estimate of drug-likeness (QED) is 0.186. The van der Waals surface area contributed by atoms with Crippen LogP contribution in [0.5, 0.6) is 0 Å². The Balaban J connectivity index is 1.08. The summed E-state index contributed by atoms with van der Waals surface area (Å²) >= 11 is 0. The van der Waals surface area contributed by atoms with E-state index in [0.717, 1.165) is 55.7 Å². The van der Waals surface area contributed by atoms with Gasteiger partial charge >= 0.3 is 0 Å². The average molecular weight is 651 g/mol. The molecule has 0 unspecified atom stereocenters. The lowest BCUT2D eigenvalue weighted by atomic mass is 9.92. The Kier molecular flexibility index (Phi) is 6.78. The molecule has 51 heavy (non-hydrogen) atoms. The first-order valence-corrected chi connectivity index (χ1v) is 17.2. The number of pyridine rings is 1. The monoisotopic (exact) mass is 650 g/mol. The molecular formula is C47H30N4. The van der Waals surface area contributed by atoms with Crippen LogP contribution in [0, 0.1) is 0 Å². The summed E-state index contributed by atoms with van der Waals surface area (Å²) < 4.78 is 0. The third-order valence-corrected chi connectivity index (χ3v) is 9.93. The summed E-state index contributed by atoms with van der Waals surface area (Å²) in [7, 11) is 0. The van der Waals surface area contributed by atoms with Gasteiger partial charge in [0, 0.05) is 23.5 Å². The van der Waals surface area contributed by atoms with E-state index in [1.165, 1.54) is 37.9 Å². The predicted octanol–water partition coefficient (Wildman–Crippen LogP) is 11.9. The van der Waals surface area contributed by atoms with Gasteiger partial charge in [-0.25, -0.2) is 0 Å². The van der Waals surface area contributed by atoms with Crippen molar-refractivity contribution in [2.75, 3.05) is 0 Å². The zero-order chi connectivity index (χ0) is 33.7. The average Bonchev–Trinajstić information content (AvgIpc) is 3.65. The van der Waals surface area contributed by atoms with Crippen molar-refractivity contribution in [3.05, 3.63) is 182 Å². The number of hydrogen-bond donors (Lipinski definition) is 0. The van der Waals surface area contributed by atoms with Crippen molar-refractivity contribution in [2.24, 2.45) is 0 Å². The van der Waals surface area contributed by atoms with E-state index in [2.05, 4.69) is 169 Å². The third-order valence-electron chi connectivity index (χ3n) is 9.93. The van der Waals surface area contributed by atoms with Crippen molar-refractivity contribution in [1.29, 1.82) is 0 Å². The molecule has 10 aromatic rings. The number of fused-ring (bicyclic) bond motifs is 4. The zero-order valence-electron chi connectivity index (χ0n) is 27.6. The standard InChI is InChI=1S/C47H30N4/c1-3-13-41-33(8-1)10-5-15-43(41)39-28-45(44-16-6-11-34-9-2-4-14-42(34)44)47-46(29-39)49-51(50-47)40-23-21-31(22-24-40)35-19-17-32-18-20-36(27-38(32)26-35)37-12-7-25-48-30-37/h1-30H. The van der Waals surface area contributed by atoms with Crippen LogP contribution >= 0.6 is 0 Å². The molecule has 8 aromatic carbocycles. The topological polar surface area (TPSA) is 43.6 Å². The van der Waals surface area contributed by atoms with Gasteiger partial charge < -0.3 is 0 Å². The van der Waals surface area contributed by atoms with Crippen LogP contribution in [0.25, 0.3) is 93.5 Å². The molecule has 0 fully saturated rings. The molecule has 4 heteroatoms. The normalized spacial score (nSPS) is 11.5. The third kappa shape index (κ3) is 5.13. The summed E-state index contributed by atoms with van der Waals surface area (Å²) in [5.41, 5.74) is 11.7. The molecule has 10 rings (SSSR count). The Morgan fingerprint density at radius 1 is 0.373 bits per heavy atom. The lowest BCUT2D eigenvalue weighted by Crippen LogP contribution is -1.98. The van der Waals surface area contributed by atoms with Crippen LogP contribution in [-0.2, 0) is 0 Å². The van der Waals surface area contributed by atoms with E-state index < -0.39 is 0 Å². The number of aromatic nitrogens is 4. The largest absolute Gasteiger partial charge is 0.264 e. The van der Waals surface area contributed by atoms with Gasteiger partial charge in [-0.3, -0.25) is 4.98 Å². The number of hydrogen-bond acceptors (Lipinski definition) is 3. The second kappa shape index (κ2) is 11.9. The molecule has 0 radical (unpaired) electrons. The lowest BCUT2D eigenvalue weighted by Gasteiger charge is -2.11. The van der Waals surface area contributed by atoms with Gasteiger partial charge in [-0.1, -0.05) is 127 Å². The van der Waals surface area contributed by atoms with E-state index in [-0.39, 0.29) is 0 Å². The maximum absolute atomic E-state index is 5.15. The second-order valence-electron chi connectivity index (χ2n) is 13.0. The van der Waals surface area contributed by atoms with E-state index in [9.17, 15) is 0 Å². The van der Waals surface area contributed by atoms with Crippen molar-refractivity contribution >= 4 is 43.4 Å². The fourth-order valence-corrected chi connectivity index (χ4v) is 7.36. The molecule has 0 aliphatic rings. The first-order chi connectivity index (χ1) is 25.2. The summed E-state index contributed by atoms with van der Waals surface area (Å²) in [4.78, 5) is 6.08. The smallest absolute Gasteiger partial charge is 0.121 e. The second-order valence-corrected chi connectivity index (χ2v) is 13.0. The van der Waals surface area contributed by atoms with Gasteiger partial charge in [0.25, 0.3) is 0 Å². The Labute approximate surface area is 294 Å². The Morgan fingerprint density at radius 2 is 1.02 bits per heavy atom. The molecular weight excluding hydrogens is 621 g/mol. The van der Waals surface area contributed by atoms with Gasteiger partial charge in [-0.2, -0.15) is 4.80 Å². The van der Waals surface area contributed by atoms with E-state index >= 15 is 0 Å². The minimum absolute atomic E-state index is 0.853. The van der Waals surface area contributed by atoms with E-state index in [1.54, 1.807) is 11.0 Å². The van der Waals surface area contributed by atoms with E-state index in [0.29, 0.717) is 0 Å². The van der Waals surface area contributed by atoms with Crippen molar-refractivity contribution in [3.63, 3.8) is 0 Å². The number of nitrogens with zero attached hydrogens (tertiary/aromatic N) is 4. The number of benzene rings is 8. The van der Waals surface area contributed by atoms with Gasteiger partial charge in [0.1, 0.15) is 11.0 Å². The predicted molar refractivity (Wildman–Crippen MR) is 211 cm³/mol. The molecule has 0 atom stereocenters. The van der Waals surface area contributed by atoms with Crippen LogP contribution in [0.15, 0.2) is 182 Å². The van der Waals surface area contributed by atoms with E-state index in [4.69, 9.17) is 10.2 Å². The fraction of sp³-hybridized carbons (Fsp3) is 0. The summed E-state index contributed by atoms with van der Waals surface area (Å²) in [5, 5.41) is 17.5.